The largest absolute Gasteiger partial charge is 0.497 e. The van der Waals surface area contributed by atoms with E-state index in [-0.39, 0.29) is 11.9 Å². The Hall–Kier alpha value is -2.95. The maximum Gasteiger partial charge on any atom is 0.227 e. The smallest absolute Gasteiger partial charge is 0.227 e. The third kappa shape index (κ3) is 3.57. The summed E-state index contributed by atoms with van der Waals surface area (Å²) in [7, 11) is 1.66. The van der Waals surface area contributed by atoms with E-state index in [0.29, 0.717) is 13.0 Å². The molecule has 1 saturated heterocycles. The predicted molar refractivity (Wildman–Crippen MR) is 110 cm³/mol. The van der Waals surface area contributed by atoms with Crippen molar-refractivity contribution in [3.63, 3.8) is 0 Å². The first-order valence-electron chi connectivity index (χ1n) is 9.86. The fraction of sp³-hybridized carbons (Fsp3) is 0.348. The summed E-state index contributed by atoms with van der Waals surface area (Å²) in [5, 5.41) is 1.05. The lowest BCUT2D eigenvalue weighted by molar-refractivity contribution is -0.131. The molecule has 1 aliphatic heterocycles. The fourth-order valence-electron chi connectivity index (χ4n) is 4.06. The summed E-state index contributed by atoms with van der Waals surface area (Å²) in [5.41, 5.74) is 3.21. The van der Waals surface area contributed by atoms with Crippen LogP contribution in [-0.2, 0) is 11.2 Å². The average Bonchev–Trinajstić information content (AvgIpc) is 3.36. The molecule has 3 aromatic rings. The molecule has 1 aromatic heterocycles. The number of carbonyl (C=O) groups is 1. The van der Waals surface area contributed by atoms with Gasteiger partial charge in [-0.2, -0.15) is 0 Å². The number of methoxy groups -OCH3 is 1. The summed E-state index contributed by atoms with van der Waals surface area (Å²) in [6, 6.07) is 14.2. The number of amides is 1. The Bertz CT molecular complexity index is 962. The summed E-state index contributed by atoms with van der Waals surface area (Å²) in [4.78, 5) is 18.4. The molecule has 28 heavy (non-hydrogen) atoms. The van der Waals surface area contributed by atoms with Gasteiger partial charge in [0.05, 0.1) is 26.2 Å². The first-order chi connectivity index (χ1) is 13.7. The third-order valence-corrected chi connectivity index (χ3v) is 5.47. The van der Waals surface area contributed by atoms with Crippen molar-refractivity contribution < 1.29 is 14.3 Å². The first-order valence-corrected chi connectivity index (χ1v) is 9.86. The third-order valence-electron chi connectivity index (χ3n) is 5.47. The van der Waals surface area contributed by atoms with Crippen LogP contribution in [-0.4, -0.2) is 36.1 Å². The standard InChI is InChI=1S/C23H26N2O3/c1-3-28-18-8-6-16(7-9-18)22-5-4-12-25(22)23(26)13-17-15-24-21-11-10-19(27-2)14-20(17)21/h6-11,14-15,22,24H,3-5,12-13H2,1-2H3. The quantitative estimate of drug-likeness (QED) is 0.688. The van der Waals surface area contributed by atoms with Gasteiger partial charge < -0.3 is 19.4 Å². The Balaban J connectivity index is 1.52. The predicted octanol–water partition coefficient (Wildman–Crippen LogP) is 4.48. The molecule has 1 unspecified atom stereocenters. The molecule has 1 aliphatic rings. The number of likely N-dealkylation sites (tertiary alicyclic amines) is 1. The van der Waals surface area contributed by atoms with Crippen LogP contribution in [0.1, 0.15) is 36.9 Å². The molecule has 1 fully saturated rings. The van der Waals surface area contributed by atoms with Crippen LogP contribution in [0.3, 0.4) is 0 Å². The molecular weight excluding hydrogens is 352 g/mol. The molecule has 146 valence electrons. The Morgan fingerprint density at radius 1 is 1.18 bits per heavy atom. The van der Waals surface area contributed by atoms with Gasteiger partial charge in [0.25, 0.3) is 0 Å². The van der Waals surface area contributed by atoms with Crippen molar-refractivity contribution in [1.82, 2.24) is 9.88 Å². The molecule has 2 heterocycles. The Kier molecular flexibility index (Phi) is 5.24. The second-order valence-electron chi connectivity index (χ2n) is 7.15. The van der Waals surface area contributed by atoms with Gasteiger partial charge in [0.2, 0.25) is 5.91 Å². The van der Waals surface area contributed by atoms with E-state index in [1.54, 1.807) is 7.11 Å². The molecular formula is C23H26N2O3. The van der Waals surface area contributed by atoms with E-state index in [0.717, 1.165) is 47.4 Å². The summed E-state index contributed by atoms with van der Waals surface area (Å²) < 4.78 is 10.9. The summed E-state index contributed by atoms with van der Waals surface area (Å²) in [6.45, 7) is 3.44. The Morgan fingerprint density at radius 3 is 2.71 bits per heavy atom. The zero-order valence-electron chi connectivity index (χ0n) is 16.4. The van der Waals surface area contributed by atoms with Crippen LogP contribution in [0.2, 0.25) is 0 Å². The SMILES string of the molecule is CCOc1ccc(C2CCCN2C(=O)Cc2c[nH]c3ccc(OC)cc23)cc1. The van der Waals surface area contributed by atoms with Crippen molar-refractivity contribution >= 4 is 16.8 Å². The minimum absolute atomic E-state index is 0.142. The molecule has 1 atom stereocenters. The average molecular weight is 378 g/mol. The van der Waals surface area contributed by atoms with Gasteiger partial charge in [-0.15, -0.1) is 0 Å². The summed E-state index contributed by atoms with van der Waals surface area (Å²) >= 11 is 0. The lowest BCUT2D eigenvalue weighted by atomic mass is 10.0. The van der Waals surface area contributed by atoms with E-state index >= 15 is 0 Å². The number of H-pyrrole nitrogens is 1. The molecule has 0 bridgehead atoms. The van der Waals surface area contributed by atoms with Crippen LogP contribution >= 0.6 is 0 Å². The topological polar surface area (TPSA) is 54.6 Å². The molecule has 0 spiro atoms. The zero-order chi connectivity index (χ0) is 19.5. The van der Waals surface area contributed by atoms with Crippen molar-refractivity contribution in [2.45, 2.75) is 32.2 Å². The number of fused-ring (bicyclic) bond motifs is 1. The number of aromatic nitrogens is 1. The molecule has 2 aromatic carbocycles. The highest BCUT2D eigenvalue weighted by Crippen LogP contribution is 2.34. The van der Waals surface area contributed by atoms with Crippen LogP contribution in [0.15, 0.2) is 48.7 Å². The maximum atomic E-state index is 13.1. The van der Waals surface area contributed by atoms with Crippen LogP contribution in [0, 0.1) is 0 Å². The molecule has 1 N–H and O–H groups in total. The molecule has 0 saturated carbocycles. The van der Waals surface area contributed by atoms with Crippen molar-refractivity contribution in [2.75, 3.05) is 20.3 Å². The number of benzene rings is 2. The van der Waals surface area contributed by atoms with E-state index < -0.39 is 0 Å². The van der Waals surface area contributed by atoms with Crippen LogP contribution in [0.5, 0.6) is 11.5 Å². The number of hydrogen-bond acceptors (Lipinski definition) is 3. The number of carbonyl (C=O) groups excluding carboxylic acids is 1. The number of aromatic amines is 1. The van der Waals surface area contributed by atoms with Crippen molar-refractivity contribution in [3.8, 4) is 11.5 Å². The zero-order valence-corrected chi connectivity index (χ0v) is 16.4. The lowest BCUT2D eigenvalue weighted by Crippen LogP contribution is -2.31. The van der Waals surface area contributed by atoms with Gasteiger partial charge in [0.1, 0.15) is 11.5 Å². The maximum absolute atomic E-state index is 13.1. The molecule has 5 heteroatoms. The molecule has 4 rings (SSSR count). The Labute approximate surface area is 165 Å². The summed E-state index contributed by atoms with van der Waals surface area (Å²) in [5.74, 6) is 1.84. The number of hydrogen-bond donors (Lipinski definition) is 1. The number of rotatable bonds is 6. The van der Waals surface area contributed by atoms with Crippen molar-refractivity contribution in [3.05, 3.63) is 59.8 Å². The van der Waals surface area contributed by atoms with Gasteiger partial charge in [-0.25, -0.2) is 0 Å². The van der Waals surface area contributed by atoms with E-state index in [2.05, 4.69) is 17.1 Å². The van der Waals surface area contributed by atoms with Crippen LogP contribution in [0.4, 0.5) is 0 Å². The highest BCUT2D eigenvalue weighted by atomic mass is 16.5. The highest BCUT2D eigenvalue weighted by Gasteiger charge is 2.30. The monoisotopic (exact) mass is 378 g/mol. The van der Waals surface area contributed by atoms with Gasteiger partial charge in [-0.3, -0.25) is 4.79 Å². The first kappa shape index (κ1) is 18.4. The summed E-state index contributed by atoms with van der Waals surface area (Å²) in [6.07, 6.45) is 4.36. The molecule has 1 amide bonds. The van der Waals surface area contributed by atoms with Crippen molar-refractivity contribution in [2.24, 2.45) is 0 Å². The fourth-order valence-corrected chi connectivity index (χ4v) is 4.06. The minimum Gasteiger partial charge on any atom is -0.497 e. The van der Waals surface area contributed by atoms with Gasteiger partial charge >= 0.3 is 0 Å². The lowest BCUT2D eigenvalue weighted by Gasteiger charge is -2.25. The normalized spacial score (nSPS) is 16.5. The van der Waals surface area contributed by atoms with Crippen LogP contribution in [0.25, 0.3) is 10.9 Å². The van der Waals surface area contributed by atoms with Gasteiger partial charge in [-0.1, -0.05) is 12.1 Å². The highest BCUT2D eigenvalue weighted by molar-refractivity contribution is 5.90. The van der Waals surface area contributed by atoms with Crippen molar-refractivity contribution in [1.29, 1.82) is 0 Å². The second kappa shape index (κ2) is 7.97. The van der Waals surface area contributed by atoms with Gasteiger partial charge in [-0.05, 0) is 61.2 Å². The second-order valence-corrected chi connectivity index (χ2v) is 7.15. The van der Waals surface area contributed by atoms with E-state index in [1.807, 2.05) is 48.4 Å². The van der Waals surface area contributed by atoms with E-state index in [1.165, 1.54) is 5.56 Å². The number of nitrogens with one attached hydrogen (secondary N) is 1. The van der Waals surface area contributed by atoms with Gasteiger partial charge in [0, 0.05) is 23.6 Å². The van der Waals surface area contributed by atoms with Gasteiger partial charge in [0.15, 0.2) is 0 Å². The molecule has 5 nitrogen and oxygen atoms in total. The number of nitrogens with zero attached hydrogens (tertiary/aromatic N) is 1. The van der Waals surface area contributed by atoms with E-state index in [9.17, 15) is 4.79 Å². The Morgan fingerprint density at radius 2 is 1.96 bits per heavy atom. The molecule has 0 radical (unpaired) electrons. The van der Waals surface area contributed by atoms with E-state index in [4.69, 9.17) is 9.47 Å². The van der Waals surface area contributed by atoms with Crippen LogP contribution < -0.4 is 9.47 Å². The minimum atomic E-state index is 0.142. The number of ether oxygens (including phenoxy) is 2. The molecule has 0 aliphatic carbocycles.